The predicted molar refractivity (Wildman–Crippen MR) is 78.3 cm³/mol. The van der Waals surface area contributed by atoms with Gasteiger partial charge in [-0.15, -0.1) is 0 Å². The van der Waals surface area contributed by atoms with E-state index in [-0.39, 0.29) is 11.9 Å². The van der Waals surface area contributed by atoms with Gasteiger partial charge in [0.2, 0.25) is 0 Å². The average molecular weight is 288 g/mol. The quantitative estimate of drug-likeness (QED) is 0.816. The van der Waals surface area contributed by atoms with Crippen LogP contribution in [0.2, 0.25) is 0 Å². The maximum atomic E-state index is 10.5. The van der Waals surface area contributed by atoms with Crippen LogP contribution in [0.3, 0.4) is 0 Å². The van der Waals surface area contributed by atoms with Crippen LogP contribution in [0.4, 0.5) is 0 Å². The van der Waals surface area contributed by atoms with Crippen molar-refractivity contribution in [1.29, 1.82) is 0 Å². The summed E-state index contributed by atoms with van der Waals surface area (Å²) in [4.78, 5) is 0. The summed E-state index contributed by atoms with van der Waals surface area (Å²) in [5, 5.41) is 0. The van der Waals surface area contributed by atoms with Crippen LogP contribution in [0.5, 0.6) is 5.75 Å². The van der Waals surface area contributed by atoms with E-state index in [0.29, 0.717) is 12.8 Å². The summed E-state index contributed by atoms with van der Waals surface area (Å²) < 4.78 is 35.1. The van der Waals surface area contributed by atoms with E-state index >= 15 is 0 Å². The summed E-state index contributed by atoms with van der Waals surface area (Å²) >= 11 is 0. The highest BCUT2D eigenvalue weighted by molar-refractivity contribution is 7.85. The van der Waals surface area contributed by atoms with Crippen molar-refractivity contribution in [3.8, 4) is 5.75 Å². The van der Waals surface area contributed by atoms with Crippen molar-refractivity contribution in [2.24, 2.45) is 0 Å². The standard InChI is InChI=1S/C12H18O4S.C2H6/c1-10(2)16-12-7-5-11(6-8-12)4-3-9-17(13,14)15;1-2/h5-8,10H,3-4,9H2,1-2H3,(H,13,14,15);1-2H3. The third kappa shape index (κ3) is 9.50. The molecule has 0 unspecified atom stereocenters. The van der Waals surface area contributed by atoms with Gasteiger partial charge in [-0.1, -0.05) is 26.0 Å². The largest absolute Gasteiger partial charge is 0.491 e. The van der Waals surface area contributed by atoms with E-state index in [1.165, 1.54) is 0 Å². The van der Waals surface area contributed by atoms with Gasteiger partial charge in [0.25, 0.3) is 10.1 Å². The maximum Gasteiger partial charge on any atom is 0.264 e. The van der Waals surface area contributed by atoms with Gasteiger partial charge in [0.15, 0.2) is 0 Å². The van der Waals surface area contributed by atoms with E-state index < -0.39 is 10.1 Å². The molecule has 0 aromatic heterocycles. The molecule has 0 aliphatic carbocycles. The van der Waals surface area contributed by atoms with Gasteiger partial charge in [0.05, 0.1) is 11.9 Å². The number of aryl methyl sites for hydroxylation is 1. The number of hydrogen-bond acceptors (Lipinski definition) is 3. The zero-order valence-corrected chi connectivity index (χ0v) is 12.9. The summed E-state index contributed by atoms with van der Waals surface area (Å²) in [6, 6.07) is 7.54. The van der Waals surface area contributed by atoms with Crippen LogP contribution in [0.1, 0.15) is 39.7 Å². The van der Waals surface area contributed by atoms with Crippen LogP contribution >= 0.6 is 0 Å². The summed E-state index contributed by atoms with van der Waals surface area (Å²) in [7, 11) is -3.84. The summed E-state index contributed by atoms with van der Waals surface area (Å²) in [5.74, 6) is 0.607. The Kier molecular flexibility index (Phi) is 8.43. The zero-order chi connectivity index (χ0) is 14.9. The van der Waals surface area contributed by atoms with E-state index in [2.05, 4.69) is 0 Å². The molecule has 0 bridgehead atoms. The Labute approximate surface area is 116 Å². The van der Waals surface area contributed by atoms with E-state index in [1.807, 2.05) is 52.0 Å². The smallest absolute Gasteiger partial charge is 0.264 e. The molecular formula is C14H24O4S. The SMILES string of the molecule is CC.CC(C)Oc1ccc(CCCS(=O)(=O)O)cc1. The summed E-state index contributed by atoms with van der Waals surface area (Å²) in [6.07, 6.45) is 1.19. The van der Waals surface area contributed by atoms with Crippen LogP contribution < -0.4 is 4.74 Å². The third-order valence-electron chi connectivity index (χ3n) is 2.16. The number of hydrogen-bond donors (Lipinski definition) is 1. The fourth-order valence-electron chi connectivity index (χ4n) is 1.47. The van der Waals surface area contributed by atoms with E-state index in [1.54, 1.807) is 0 Å². The molecule has 0 saturated carbocycles. The molecule has 1 aromatic carbocycles. The minimum absolute atomic E-state index is 0.139. The molecule has 0 heterocycles. The average Bonchev–Trinajstić information content (AvgIpc) is 2.32. The molecule has 0 spiro atoms. The lowest BCUT2D eigenvalue weighted by Gasteiger charge is -2.09. The summed E-state index contributed by atoms with van der Waals surface area (Å²) in [5.41, 5.74) is 1.03. The second-order valence-electron chi connectivity index (χ2n) is 4.20. The fourth-order valence-corrected chi connectivity index (χ4v) is 1.97. The van der Waals surface area contributed by atoms with Gasteiger partial charge in [-0.2, -0.15) is 8.42 Å². The van der Waals surface area contributed by atoms with Gasteiger partial charge in [-0.05, 0) is 44.4 Å². The first-order valence-corrected chi connectivity index (χ1v) is 8.18. The summed E-state index contributed by atoms with van der Waals surface area (Å²) in [6.45, 7) is 7.92. The van der Waals surface area contributed by atoms with Crippen LogP contribution in [-0.2, 0) is 16.5 Å². The first-order valence-electron chi connectivity index (χ1n) is 6.57. The molecule has 5 heteroatoms. The minimum atomic E-state index is -3.84. The van der Waals surface area contributed by atoms with Crippen molar-refractivity contribution in [3.63, 3.8) is 0 Å². The molecule has 110 valence electrons. The number of ether oxygens (including phenoxy) is 1. The minimum Gasteiger partial charge on any atom is -0.491 e. The monoisotopic (exact) mass is 288 g/mol. The van der Waals surface area contributed by atoms with Crippen molar-refractivity contribution in [1.82, 2.24) is 0 Å². The van der Waals surface area contributed by atoms with Crippen LogP contribution in [0.15, 0.2) is 24.3 Å². The fraction of sp³-hybridized carbons (Fsp3) is 0.571. The van der Waals surface area contributed by atoms with E-state index in [4.69, 9.17) is 9.29 Å². The van der Waals surface area contributed by atoms with Crippen molar-refractivity contribution in [2.75, 3.05) is 5.75 Å². The van der Waals surface area contributed by atoms with Gasteiger partial charge in [0, 0.05) is 0 Å². The highest BCUT2D eigenvalue weighted by atomic mass is 32.2. The third-order valence-corrected chi connectivity index (χ3v) is 2.97. The molecule has 0 saturated heterocycles. The molecule has 1 aromatic rings. The van der Waals surface area contributed by atoms with Gasteiger partial charge < -0.3 is 4.74 Å². The Hall–Kier alpha value is -1.07. The Morgan fingerprint density at radius 2 is 1.68 bits per heavy atom. The molecule has 0 amide bonds. The van der Waals surface area contributed by atoms with Crippen molar-refractivity contribution in [2.45, 2.75) is 46.6 Å². The Bertz CT molecular complexity index is 435. The molecular weight excluding hydrogens is 264 g/mol. The van der Waals surface area contributed by atoms with E-state index in [0.717, 1.165) is 11.3 Å². The van der Waals surface area contributed by atoms with Crippen molar-refractivity contribution < 1.29 is 17.7 Å². The second kappa shape index (κ2) is 8.93. The van der Waals surface area contributed by atoms with Crippen LogP contribution in [0, 0.1) is 0 Å². The number of benzene rings is 1. The van der Waals surface area contributed by atoms with Crippen molar-refractivity contribution >= 4 is 10.1 Å². The van der Waals surface area contributed by atoms with Crippen molar-refractivity contribution in [3.05, 3.63) is 29.8 Å². The first kappa shape index (κ1) is 17.9. The number of rotatable bonds is 6. The van der Waals surface area contributed by atoms with Gasteiger partial charge in [-0.3, -0.25) is 4.55 Å². The normalized spacial score (nSPS) is 10.8. The lowest BCUT2D eigenvalue weighted by molar-refractivity contribution is 0.242. The van der Waals surface area contributed by atoms with Gasteiger partial charge in [0.1, 0.15) is 5.75 Å². The molecule has 4 nitrogen and oxygen atoms in total. The predicted octanol–water partition coefficient (Wildman–Crippen LogP) is 3.32. The molecule has 0 radical (unpaired) electrons. The van der Waals surface area contributed by atoms with Gasteiger partial charge >= 0.3 is 0 Å². The molecule has 1 rings (SSSR count). The highest BCUT2D eigenvalue weighted by Crippen LogP contribution is 2.14. The van der Waals surface area contributed by atoms with E-state index in [9.17, 15) is 8.42 Å². The molecule has 0 atom stereocenters. The highest BCUT2D eigenvalue weighted by Gasteiger charge is 2.04. The zero-order valence-electron chi connectivity index (χ0n) is 12.1. The Morgan fingerprint density at radius 3 is 2.11 bits per heavy atom. The molecule has 0 fully saturated rings. The second-order valence-corrected chi connectivity index (χ2v) is 5.77. The molecule has 0 aliphatic heterocycles. The van der Waals surface area contributed by atoms with Crippen LogP contribution in [0.25, 0.3) is 0 Å². The molecule has 0 aliphatic rings. The van der Waals surface area contributed by atoms with Crippen LogP contribution in [-0.4, -0.2) is 24.8 Å². The maximum absolute atomic E-state index is 10.5. The Balaban J connectivity index is 0.00000154. The first-order chi connectivity index (χ1) is 8.87. The molecule has 19 heavy (non-hydrogen) atoms. The lowest BCUT2D eigenvalue weighted by Crippen LogP contribution is -2.06. The lowest BCUT2D eigenvalue weighted by atomic mass is 10.1. The van der Waals surface area contributed by atoms with Gasteiger partial charge in [-0.25, -0.2) is 0 Å². The topological polar surface area (TPSA) is 63.6 Å². The Morgan fingerprint density at radius 1 is 1.16 bits per heavy atom. The molecule has 1 N–H and O–H groups in total.